The van der Waals surface area contributed by atoms with E-state index in [1.165, 1.54) is 6.42 Å². The first kappa shape index (κ1) is 16.4. The van der Waals surface area contributed by atoms with Crippen LogP contribution in [0, 0.1) is 5.92 Å². The predicted octanol–water partition coefficient (Wildman–Crippen LogP) is 2.86. The molecule has 7 nitrogen and oxygen atoms in total. The second-order valence-corrected chi connectivity index (χ2v) is 6.47. The summed E-state index contributed by atoms with van der Waals surface area (Å²) >= 11 is 0. The number of rotatable bonds is 5. The van der Waals surface area contributed by atoms with Gasteiger partial charge in [0.05, 0.1) is 11.9 Å². The molecule has 1 fully saturated rings. The normalized spacial score (nSPS) is 17.1. The van der Waals surface area contributed by atoms with Gasteiger partial charge in [-0.2, -0.15) is 5.10 Å². The van der Waals surface area contributed by atoms with E-state index in [0.29, 0.717) is 11.7 Å². The lowest BCUT2D eigenvalue weighted by molar-refractivity contribution is 0.407. The molecule has 1 N–H and O–H groups in total. The van der Waals surface area contributed by atoms with Gasteiger partial charge in [0.2, 0.25) is 0 Å². The fourth-order valence-electron chi connectivity index (χ4n) is 3.29. The molecule has 0 amide bonds. The number of piperidine rings is 1. The molecule has 1 atom stereocenters. The third-order valence-electron chi connectivity index (χ3n) is 4.53. The van der Waals surface area contributed by atoms with Crippen molar-refractivity contribution in [2.24, 2.45) is 5.92 Å². The van der Waals surface area contributed by atoms with Gasteiger partial charge in [-0.3, -0.25) is 4.98 Å². The Morgan fingerprint density at radius 3 is 2.77 bits per heavy atom. The van der Waals surface area contributed by atoms with Gasteiger partial charge in [0.25, 0.3) is 0 Å². The fraction of sp³-hybridized carbons (Fsp3) is 0.316. The van der Waals surface area contributed by atoms with Crippen molar-refractivity contribution in [1.29, 1.82) is 0 Å². The Bertz CT molecular complexity index is 808. The summed E-state index contributed by atoms with van der Waals surface area (Å²) in [5.74, 6) is 2.98. The summed E-state index contributed by atoms with van der Waals surface area (Å²) in [6.07, 6.45) is 10.3. The van der Waals surface area contributed by atoms with Crippen molar-refractivity contribution in [2.75, 3.05) is 23.3 Å². The second kappa shape index (κ2) is 7.86. The fourth-order valence-corrected chi connectivity index (χ4v) is 3.29. The van der Waals surface area contributed by atoms with Crippen molar-refractivity contribution in [3.63, 3.8) is 0 Å². The summed E-state index contributed by atoms with van der Waals surface area (Å²) in [5.41, 5.74) is 1.02. The molecular weight excluding hydrogens is 326 g/mol. The molecule has 0 bridgehead atoms. The molecule has 26 heavy (non-hydrogen) atoms. The number of hydrogen-bond donors (Lipinski definition) is 1. The Morgan fingerprint density at radius 1 is 1.00 bits per heavy atom. The van der Waals surface area contributed by atoms with Crippen molar-refractivity contribution in [2.45, 2.75) is 19.3 Å². The van der Waals surface area contributed by atoms with Crippen LogP contribution in [0.1, 0.15) is 18.5 Å². The smallest absolute Gasteiger partial charge is 0.154 e. The zero-order valence-electron chi connectivity index (χ0n) is 14.5. The van der Waals surface area contributed by atoms with Gasteiger partial charge in [0.15, 0.2) is 5.82 Å². The first-order valence-corrected chi connectivity index (χ1v) is 8.88. The average Bonchev–Trinajstić information content (AvgIpc) is 2.71. The Morgan fingerprint density at radius 2 is 2.00 bits per heavy atom. The van der Waals surface area contributed by atoms with Crippen LogP contribution >= 0.6 is 0 Å². The number of nitrogens with zero attached hydrogens (tertiary/aromatic N) is 6. The number of aromatic nitrogens is 5. The molecule has 3 aromatic rings. The summed E-state index contributed by atoms with van der Waals surface area (Å²) in [4.78, 5) is 15.1. The van der Waals surface area contributed by atoms with Crippen LogP contribution in [-0.4, -0.2) is 38.2 Å². The van der Waals surface area contributed by atoms with Crippen LogP contribution in [0.15, 0.2) is 55.1 Å². The Balaban J connectivity index is 1.36. The first-order chi connectivity index (χ1) is 12.9. The SMILES string of the molecule is c1ccc(Nc2ccc(C[C@H]3CCCN(c4cnccn4)C3)nn2)nc1. The van der Waals surface area contributed by atoms with Crippen LogP contribution in [0.2, 0.25) is 0 Å². The lowest BCUT2D eigenvalue weighted by atomic mass is 9.93. The molecule has 0 radical (unpaired) electrons. The van der Waals surface area contributed by atoms with E-state index in [4.69, 9.17) is 0 Å². The molecule has 3 aromatic heterocycles. The molecule has 0 saturated carbocycles. The lowest BCUT2D eigenvalue weighted by Gasteiger charge is -2.33. The zero-order valence-corrected chi connectivity index (χ0v) is 14.5. The van der Waals surface area contributed by atoms with Crippen molar-refractivity contribution >= 4 is 17.5 Å². The minimum Gasteiger partial charge on any atom is -0.355 e. The van der Waals surface area contributed by atoms with Crippen LogP contribution in [0.25, 0.3) is 0 Å². The third-order valence-corrected chi connectivity index (χ3v) is 4.53. The second-order valence-electron chi connectivity index (χ2n) is 6.47. The number of anilines is 3. The molecule has 1 saturated heterocycles. The summed E-state index contributed by atoms with van der Waals surface area (Å²) in [5, 5.41) is 11.8. The molecule has 132 valence electrons. The molecule has 0 aromatic carbocycles. The predicted molar refractivity (Wildman–Crippen MR) is 100 cm³/mol. The van der Waals surface area contributed by atoms with Crippen molar-refractivity contribution in [1.82, 2.24) is 25.1 Å². The maximum absolute atomic E-state index is 4.42. The minimum atomic E-state index is 0.551. The molecule has 1 aliphatic heterocycles. The van der Waals surface area contributed by atoms with Crippen molar-refractivity contribution in [3.8, 4) is 0 Å². The van der Waals surface area contributed by atoms with E-state index in [9.17, 15) is 0 Å². The molecule has 0 aliphatic carbocycles. The molecule has 0 unspecified atom stereocenters. The highest BCUT2D eigenvalue weighted by atomic mass is 15.2. The van der Waals surface area contributed by atoms with E-state index in [1.807, 2.05) is 36.5 Å². The summed E-state index contributed by atoms with van der Waals surface area (Å²) in [6, 6.07) is 9.72. The van der Waals surface area contributed by atoms with E-state index in [2.05, 4.69) is 35.4 Å². The van der Waals surface area contributed by atoms with Gasteiger partial charge in [-0.1, -0.05) is 6.07 Å². The summed E-state index contributed by atoms with van der Waals surface area (Å²) in [7, 11) is 0. The van der Waals surface area contributed by atoms with Gasteiger partial charge in [-0.05, 0) is 49.4 Å². The van der Waals surface area contributed by atoms with E-state index >= 15 is 0 Å². The quantitative estimate of drug-likeness (QED) is 0.760. The van der Waals surface area contributed by atoms with Gasteiger partial charge in [-0.25, -0.2) is 9.97 Å². The van der Waals surface area contributed by atoms with E-state index < -0.39 is 0 Å². The largest absolute Gasteiger partial charge is 0.355 e. The summed E-state index contributed by atoms with van der Waals surface area (Å²) in [6.45, 7) is 2.02. The van der Waals surface area contributed by atoms with Crippen LogP contribution in [0.4, 0.5) is 17.5 Å². The lowest BCUT2D eigenvalue weighted by Crippen LogP contribution is -2.36. The van der Waals surface area contributed by atoms with Crippen molar-refractivity contribution < 1.29 is 0 Å². The monoisotopic (exact) mass is 347 g/mol. The molecular formula is C19H21N7. The van der Waals surface area contributed by atoms with Gasteiger partial charge >= 0.3 is 0 Å². The Labute approximate surface area is 152 Å². The third kappa shape index (κ3) is 4.11. The number of nitrogens with one attached hydrogen (secondary N) is 1. The maximum Gasteiger partial charge on any atom is 0.154 e. The molecule has 4 rings (SSSR count). The Hall–Kier alpha value is -3.09. The van der Waals surface area contributed by atoms with Gasteiger partial charge in [0, 0.05) is 31.7 Å². The highest BCUT2D eigenvalue weighted by molar-refractivity contribution is 5.50. The topological polar surface area (TPSA) is 79.7 Å². The highest BCUT2D eigenvalue weighted by Gasteiger charge is 2.21. The van der Waals surface area contributed by atoms with Gasteiger partial charge in [0.1, 0.15) is 11.6 Å². The number of pyridine rings is 1. The standard InChI is InChI=1S/C19H21N7/c1-2-8-21-17(5-1)23-18-7-6-16(24-25-18)12-15-4-3-11-26(14-15)19-13-20-9-10-22-19/h1-2,5-10,13,15H,3-4,11-12,14H2,(H,21,23,25)/t15-/m1/s1. The van der Waals surface area contributed by atoms with E-state index in [1.54, 1.807) is 18.6 Å². The first-order valence-electron chi connectivity index (χ1n) is 8.88. The van der Waals surface area contributed by atoms with E-state index in [0.717, 1.165) is 43.3 Å². The van der Waals surface area contributed by atoms with Crippen LogP contribution in [-0.2, 0) is 6.42 Å². The van der Waals surface area contributed by atoms with Crippen LogP contribution in [0.3, 0.4) is 0 Å². The molecule has 1 aliphatic rings. The van der Waals surface area contributed by atoms with Gasteiger partial charge < -0.3 is 10.2 Å². The van der Waals surface area contributed by atoms with Gasteiger partial charge in [-0.15, -0.1) is 5.10 Å². The van der Waals surface area contributed by atoms with Crippen LogP contribution in [0.5, 0.6) is 0 Å². The summed E-state index contributed by atoms with van der Waals surface area (Å²) < 4.78 is 0. The Kier molecular flexibility index (Phi) is 4.95. The highest BCUT2D eigenvalue weighted by Crippen LogP contribution is 2.23. The van der Waals surface area contributed by atoms with E-state index in [-0.39, 0.29) is 0 Å². The van der Waals surface area contributed by atoms with Crippen LogP contribution < -0.4 is 10.2 Å². The average molecular weight is 347 g/mol. The molecule has 0 spiro atoms. The van der Waals surface area contributed by atoms with Crippen molar-refractivity contribution in [3.05, 3.63) is 60.8 Å². The molecule has 7 heteroatoms. The zero-order chi connectivity index (χ0) is 17.6. The minimum absolute atomic E-state index is 0.551. The maximum atomic E-state index is 4.42. The number of hydrogen-bond acceptors (Lipinski definition) is 7. The molecule has 4 heterocycles.